The molecule has 1 saturated heterocycles. The van der Waals surface area contributed by atoms with Crippen molar-refractivity contribution >= 4 is 23.2 Å². The SMILES string of the molecule is CNCC(=O)N1CCN(c2cccc(Cl)c2)CC1. The lowest BCUT2D eigenvalue weighted by Crippen LogP contribution is -2.50. The van der Waals surface area contributed by atoms with Gasteiger partial charge in [0.1, 0.15) is 0 Å². The van der Waals surface area contributed by atoms with Crippen LogP contribution in [-0.4, -0.2) is 50.6 Å². The van der Waals surface area contributed by atoms with Gasteiger partial charge in [0, 0.05) is 36.9 Å². The van der Waals surface area contributed by atoms with Gasteiger partial charge in [0.15, 0.2) is 0 Å². The van der Waals surface area contributed by atoms with Crippen LogP contribution < -0.4 is 10.2 Å². The molecule has 0 bridgehead atoms. The Kier molecular flexibility index (Phi) is 4.44. The Hall–Kier alpha value is -1.26. The van der Waals surface area contributed by atoms with Crippen LogP contribution in [0.15, 0.2) is 24.3 Å². The van der Waals surface area contributed by atoms with Crippen LogP contribution in [0.4, 0.5) is 5.69 Å². The summed E-state index contributed by atoms with van der Waals surface area (Å²) in [5.41, 5.74) is 1.13. The van der Waals surface area contributed by atoms with Gasteiger partial charge in [-0.15, -0.1) is 0 Å². The normalized spacial score (nSPS) is 15.9. The first-order valence-corrected chi connectivity index (χ1v) is 6.51. The van der Waals surface area contributed by atoms with Crippen LogP contribution in [0, 0.1) is 0 Å². The van der Waals surface area contributed by atoms with Crippen LogP contribution in [0.5, 0.6) is 0 Å². The second-order valence-corrected chi connectivity index (χ2v) is 4.81. The topological polar surface area (TPSA) is 35.6 Å². The Labute approximate surface area is 113 Å². The third-order valence-electron chi connectivity index (χ3n) is 3.13. The summed E-state index contributed by atoms with van der Waals surface area (Å²) in [7, 11) is 1.79. The maximum atomic E-state index is 11.7. The molecule has 1 fully saturated rings. The van der Waals surface area contributed by atoms with Gasteiger partial charge in [-0.05, 0) is 25.2 Å². The van der Waals surface area contributed by atoms with Gasteiger partial charge in [-0.1, -0.05) is 17.7 Å². The minimum atomic E-state index is 0.170. The van der Waals surface area contributed by atoms with Crippen molar-refractivity contribution in [1.29, 1.82) is 0 Å². The van der Waals surface area contributed by atoms with Gasteiger partial charge in [0.2, 0.25) is 5.91 Å². The summed E-state index contributed by atoms with van der Waals surface area (Å²) in [6.45, 7) is 3.67. The number of amides is 1. The minimum Gasteiger partial charge on any atom is -0.368 e. The van der Waals surface area contributed by atoms with Crippen LogP contribution in [0.25, 0.3) is 0 Å². The second kappa shape index (κ2) is 6.07. The molecule has 0 spiro atoms. The van der Waals surface area contributed by atoms with E-state index in [4.69, 9.17) is 11.6 Å². The quantitative estimate of drug-likeness (QED) is 0.894. The Morgan fingerprint density at radius 3 is 2.67 bits per heavy atom. The second-order valence-electron chi connectivity index (χ2n) is 4.38. The van der Waals surface area contributed by atoms with Gasteiger partial charge in [0.25, 0.3) is 0 Å². The number of piperazine rings is 1. The van der Waals surface area contributed by atoms with E-state index in [0.717, 1.165) is 36.9 Å². The van der Waals surface area contributed by atoms with Crippen molar-refractivity contribution in [3.05, 3.63) is 29.3 Å². The largest absolute Gasteiger partial charge is 0.368 e. The molecule has 0 aromatic heterocycles. The summed E-state index contributed by atoms with van der Waals surface area (Å²) in [5, 5.41) is 3.64. The first-order chi connectivity index (χ1) is 8.70. The van der Waals surface area contributed by atoms with E-state index in [0.29, 0.717) is 6.54 Å². The molecule has 98 valence electrons. The average Bonchev–Trinajstić information content (AvgIpc) is 2.39. The molecule has 1 amide bonds. The smallest absolute Gasteiger partial charge is 0.236 e. The van der Waals surface area contributed by atoms with E-state index < -0.39 is 0 Å². The van der Waals surface area contributed by atoms with Crippen molar-refractivity contribution in [2.75, 3.05) is 44.7 Å². The zero-order valence-corrected chi connectivity index (χ0v) is 11.3. The molecule has 0 saturated carbocycles. The van der Waals surface area contributed by atoms with Crippen LogP contribution in [0.3, 0.4) is 0 Å². The Balaban J connectivity index is 1.92. The zero-order valence-electron chi connectivity index (χ0n) is 10.5. The van der Waals surface area contributed by atoms with Crippen molar-refractivity contribution in [3.8, 4) is 0 Å². The molecule has 0 aliphatic carbocycles. The number of likely N-dealkylation sites (N-methyl/N-ethyl adjacent to an activating group) is 1. The molecule has 1 N–H and O–H groups in total. The van der Waals surface area contributed by atoms with Crippen LogP contribution in [0.2, 0.25) is 5.02 Å². The molecule has 1 aromatic carbocycles. The highest BCUT2D eigenvalue weighted by atomic mass is 35.5. The molecule has 18 heavy (non-hydrogen) atoms. The number of anilines is 1. The molecular formula is C13H18ClN3O. The zero-order chi connectivity index (χ0) is 13.0. The lowest BCUT2D eigenvalue weighted by Gasteiger charge is -2.36. The van der Waals surface area contributed by atoms with Crippen LogP contribution >= 0.6 is 11.6 Å². The van der Waals surface area contributed by atoms with Crippen molar-refractivity contribution in [2.24, 2.45) is 0 Å². The van der Waals surface area contributed by atoms with Gasteiger partial charge in [-0.2, -0.15) is 0 Å². The maximum absolute atomic E-state index is 11.7. The molecule has 1 aliphatic heterocycles. The summed E-state index contributed by atoms with van der Waals surface area (Å²) >= 11 is 5.98. The summed E-state index contributed by atoms with van der Waals surface area (Å²) < 4.78 is 0. The van der Waals surface area contributed by atoms with Gasteiger partial charge in [-0.3, -0.25) is 4.79 Å². The highest BCUT2D eigenvalue weighted by Crippen LogP contribution is 2.20. The number of benzene rings is 1. The summed E-state index contributed by atoms with van der Waals surface area (Å²) in [5.74, 6) is 0.170. The Morgan fingerprint density at radius 2 is 2.06 bits per heavy atom. The third-order valence-corrected chi connectivity index (χ3v) is 3.37. The van der Waals surface area contributed by atoms with Crippen molar-refractivity contribution in [3.63, 3.8) is 0 Å². The number of nitrogens with zero attached hydrogens (tertiary/aromatic N) is 2. The summed E-state index contributed by atoms with van der Waals surface area (Å²) in [6, 6.07) is 7.84. The molecule has 2 rings (SSSR count). The molecule has 0 atom stereocenters. The number of carbonyl (C=O) groups is 1. The number of carbonyl (C=O) groups excluding carboxylic acids is 1. The fraction of sp³-hybridized carbons (Fsp3) is 0.462. The summed E-state index contributed by atoms with van der Waals surface area (Å²) in [4.78, 5) is 15.9. The number of hydrogen-bond acceptors (Lipinski definition) is 3. The number of halogens is 1. The van der Waals surface area contributed by atoms with Gasteiger partial charge in [0.05, 0.1) is 6.54 Å². The monoisotopic (exact) mass is 267 g/mol. The fourth-order valence-corrected chi connectivity index (χ4v) is 2.33. The Morgan fingerprint density at radius 1 is 1.33 bits per heavy atom. The predicted octanol–water partition coefficient (Wildman–Crippen LogP) is 1.21. The number of nitrogens with one attached hydrogen (secondary N) is 1. The van der Waals surface area contributed by atoms with Crippen LogP contribution in [-0.2, 0) is 4.79 Å². The predicted molar refractivity (Wildman–Crippen MR) is 74.2 cm³/mol. The van der Waals surface area contributed by atoms with E-state index in [9.17, 15) is 4.79 Å². The van der Waals surface area contributed by atoms with E-state index in [1.54, 1.807) is 7.05 Å². The van der Waals surface area contributed by atoms with Gasteiger partial charge >= 0.3 is 0 Å². The first kappa shape index (κ1) is 13.2. The third kappa shape index (κ3) is 3.15. The van der Waals surface area contributed by atoms with Crippen molar-refractivity contribution in [1.82, 2.24) is 10.2 Å². The van der Waals surface area contributed by atoms with E-state index in [1.807, 2.05) is 23.1 Å². The van der Waals surface area contributed by atoms with Crippen LogP contribution in [0.1, 0.15) is 0 Å². The molecule has 1 aromatic rings. The molecule has 0 unspecified atom stereocenters. The minimum absolute atomic E-state index is 0.170. The fourth-order valence-electron chi connectivity index (χ4n) is 2.15. The first-order valence-electron chi connectivity index (χ1n) is 6.13. The van der Waals surface area contributed by atoms with E-state index >= 15 is 0 Å². The van der Waals surface area contributed by atoms with Gasteiger partial charge < -0.3 is 15.1 Å². The molecule has 5 heteroatoms. The van der Waals surface area contributed by atoms with E-state index in [1.165, 1.54) is 0 Å². The molecule has 4 nitrogen and oxygen atoms in total. The standard InChI is InChI=1S/C13H18ClN3O/c1-15-10-13(18)17-7-5-16(6-8-17)12-4-2-3-11(14)9-12/h2-4,9,15H,5-8,10H2,1H3. The molecule has 0 radical (unpaired) electrons. The number of rotatable bonds is 3. The lowest BCUT2D eigenvalue weighted by molar-refractivity contribution is -0.130. The van der Waals surface area contributed by atoms with E-state index in [-0.39, 0.29) is 5.91 Å². The lowest BCUT2D eigenvalue weighted by atomic mass is 10.2. The molecule has 1 aliphatic rings. The molecule has 1 heterocycles. The van der Waals surface area contributed by atoms with Gasteiger partial charge in [-0.25, -0.2) is 0 Å². The van der Waals surface area contributed by atoms with E-state index in [2.05, 4.69) is 16.3 Å². The Bertz CT molecular complexity index is 416. The number of hydrogen-bond donors (Lipinski definition) is 1. The highest BCUT2D eigenvalue weighted by Gasteiger charge is 2.20. The van der Waals surface area contributed by atoms with Crippen molar-refractivity contribution in [2.45, 2.75) is 0 Å². The molecular weight excluding hydrogens is 250 g/mol. The van der Waals surface area contributed by atoms with Crippen molar-refractivity contribution < 1.29 is 4.79 Å². The average molecular weight is 268 g/mol. The highest BCUT2D eigenvalue weighted by molar-refractivity contribution is 6.30. The summed E-state index contributed by atoms with van der Waals surface area (Å²) in [6.07, 6.45) is 0. The maximum Gasteiger partial charge on any atom is 0.236 e.